The van der Waals surface area contributed by atoms with E-state index in [9.17, 15) is 4.79 Å². The summed E-state index contributed by atoms with van der Waals surface area (Å²) in [5, 5.41) is 3.06. The van der Waals surface area contributed by atoms with E-state index in [-0.39, 0.29) is 5.91 Å². The second kappa shape index (κ2) is 9.11. The zero-order chi connectivity index (χ0) is 22.8. The maximum Gasteiger partial charge on any atom is 0.251 e. The smallest absolute Gasteiger partial charge is 0.251 e. The second-order valence-electron chi connectivity index (χ2n) is 9.21. The van der Waals surface area contributed by atoms with Crippen LogP contribution >= 0.6 is 0 Å². The number of carbonyl (C=O) groups excluding carboxylic acids is 1. The van der Waals surface area contributed by atoms with Crippen LogP contribution < -0.4 is 5.32 Å². The summed E-state index contributed by atoms with van der Waals surface area (Å²) in [6.45, 7) is 4.95. The molecule has 1 aliphatic carbocycles. The second-order valence-corrected chi connectivity index (χ2v) is 9.21. The molecule has 1 aromatic heterocycles. The first-order valence-electron chi connectivity index (χ1n) is 11.8. The molecule has 0 saturated carbocycles. The van der Waals surface area contributed by atoms with E-state index in [1.165, 1.54) is 34.5 Å². The molecule has 1 aliphatic rings. The minimum absolute atomic E-state index is 0.0450. The number of carbonyl (C=O) groups is 1. The molecule has 0 fully saturated rings. The highest BCUT2D eigenvalue weighted by Gasteiger charge is 2.23. The maximum atomic E-state index is 12.8. The van der Waals surface area contributed by atoms with Gasteiger partial charge in [-0.3, -0.25) is 4.79 Å². The van der Waals surface area contributed by atoms with Crippen molar-refractivity contribution < 1.29 is 4.79 Å². The van der Waals surface area contributed by atoms with Crippen LogP contribution in [0.25, 0.3) is 16.9 Å². The molecule has 0 unspecified atom stereocenters. The van der Waals surface area contributed by atoms with E-state index in [2.05, 4.69) is 84.4 Å². The molecule has 1 heterocycles. The van der Waals surface area contributed by atoms with Gasteiger partial charge in [0.2, 0.25) is 0 Å². The van der Waals surface area contributed by atoms with Crippen molar-refractivity contribution in [3.8, 4) is 16.9 Å². The number of rotatable bonds is 5. The zero-order valence-corrected chi connectivity index (χ0v) is 19.3. The number of aromatic nitrogens is 1. The molecule has 3 nitrogen and oxygen atoms in total. The molecule has 0 radical (unpaired) electrons. The third-order valence-corrected chi connectivity index (χ3v) is 6.79. The van der Waals surface area contributed by atoms with E-state index >= 15 is 0 Å². The molecule has 1 N–H and O–H groups in total. The van der Waals surface area contributed by atoms with Crippen LogP contribution in [0, 0.1) is 12.8 Å². The van der Waals surface area contributed by atoms with Gasteiger partial charge in [-0.25, -0.2) is 0 Å². The third kappa shape index (κ3) is 4.36. The number of nitrogens with one attached hydrogen (secondary N) is 1. The van der Waals surface area contributed by atoms with Gasteiger partial charge in [0.05, 0.1) is 5.69 Å². The number of amides is 1. The van der Waals surface area contributed by atoms with E-state index in [4.69, 9.17) is 0 Å². The SMILES string of the molecule is Cc1ccccc1CNC(=O)c1ccc(-n2c(-c3ccccc3)cc3c2CC[C@H](C)C3)cc1. The fraction of sp³-hybridized carbons (Fsp3) is 0.233. The lowest BCUT2D eigenvalue weighted by Crippen LogP contribution is -2.23. The lowest BCUT2D eigenvalue weighted by atomic mass is 9.89. The zero-order valence-electron chi connectivity index (χ0n) is 19.3. The van der Waals surface area contributed by atoms with E-state index in [0.29, 0.717) is 12.1 Å². The molecule has 0 saturated heterocycles. The Morgan fingerprint density at radius 2 is 1.70 bits per heavy atom. The number of hydrogen-bond acceptors (Lipinski definition) is 1. The normalized spacial score (nSPS) is 15.2. The van der Waals surface area contributed by atoms with Gasteiger partial charge in [0.25, 0.3) is 5.91 Å². The van der Waals surface area contributed by atoms with Crippen LogP contribution in [0.2, 0.25) is 0 Å². The maximum absolute atomic E-state index is 12.8. The van der Waals surface area contributed by atoms with Crippen molar-refractivity contribution in [3.05, 3.63) is 113 Å². The molecule has 1 atom stereocenters. The quantitative estimate of drug-likeness (QED) is 0.382. The molecule has 0 spiro atoms. The number of hydrogen-bond donors (Lipinski definition) is 1. The molecule has 5 rings (SSSR count). The fourth-order valence-electron chi connectivity index (χ4n) is 4.88. The number of benzene rings is 3. The first kappa shape index (κ1) is 21.3. The highest BCUT2D eigenvalue weighted by molar-refractivity contribution is 5.94. The van der Waals surface area contributed by atoms with Gasteiger partial charge in [0, 0.05) is 23.5 Å². The van der Waals surface area contributed by atoms with Crippen LogP contribution in [0.3, 0.4) is 0 Å². The summed E-state index contributed by atoms with van der Waals surface area (Å²) < 4.78 is 2.39. The van der Waals surface area contributed by atoms with Crippen LogP contribution in [-0.2, 0) is 19.4 Å². The Kier molecular flexibility index (Phi) is 5.87. The Balaban J connectivity index is 1.43. The van der Waals surface area contributed by atoms with Gasteiger partial charge in [0.15, 0.2) is 0 Å². The first-order chi connectivity index (χ1) is 16.1. The van der Waals surface area contributed by atoms with Crippen LogP contribution in [0.4, 0.5) is 0 Å². The Morgan fingerprint density at radius 3 is 2.45 bits per heavy atom. The predicted octanol–water partition coefficient (Wildman–Crippen LogP) is 6.51. The van der Waals surface area contributed by atoms with Crippen molar-refractivity contribution in [2.75, 3.05) is 0 Å². The van der Waals surface area contributed by atoms with Gasteiger partial charge in [0.1, 0.15) is 0 Å². The van der Waals surface area contributed by atoms with Gasteiger partial charge >= 0.3 is 0 Å². The van der Waals surface area contributed by atoms with Crippen molar-refractivity contribution in [2.45, 2.75) is 39.7 Å². The van der Waals surface area contributed by atoms with Crippen molar-refractivity contribution >= 4 is 5.91 Å². The topological polar surface area (TPSA) is 34.0 Å². The molecular formula is C30H30N2O. The molecule has 3 aromatic carbocycles. The molecule has 3 heteroatoms. The lowest BCUT2D eigenvalue weighted by Gasteiger charge is -2.21. The number of aryl methyl sites for hydroxylation is 1. The molecule has 33 heavy (non-hydrogen) atoms. The first-order valence-corrected chi connectivity index (χ1v) is 11.8. The molecule has 166 valence electrons. The van der Waals surface area contributed by atoms with E-state index < -0.39 is 0 Å². The lowest BCUT2D eigenvalue weighted by molar-refractivity contribution is 0.0951. The Labute approximate surface area is 196 Å². The van der Waals surface area contributed by atoms with Crippen LogP contribution in [0.15, 0.2) is 84.9 Å². The van der Waals surface area contributed by atoms with Crippen molar-refractivity contribution in [2.24, 2.45) is 5.92 Å². The van der Waals surface area contributed by atoms with Gasteiger partial charge in [-0.05, 0) is 84.7 Å². The third-order valence-electron chi connectivity index (χ3n) is 6.79. The average molecular weight is 435 g/mol. The summed E-state index contributed by atoms with van der Waals surface area (Å²) in [4.78, 5) is 12.8. The Hall–Kier alpha value is -3.59. The van der Waals surface area contributed by atoms with Gasteiger partial charge in [-0.2, -0.15) is 0 Å². The Morgan fingerprint density at radius 1 is 0.970 bits per heavy atom. The van der Waals surface area contributed by atoms with Crippen LogP contribution in [0.1, 0.15) is 46.1 Å². The summed E-state index contributed by atoms with van der Waals surface area (Å²) in [5.74, 6) is 0.674. The van der Waals surface area contributed by atoms with Crippen molar-refractivity contribution in [3.63, 3.8) is 0 Å². The molecule has 1 amide bonds. The summed E-state index contributed by atoms with van der Waals surface area (Å²) in [5.41, 5.74) is 9.43. The predicted molar refractivity (Wildman–Crippen MR) is 135 cm³/mol. The summed E-state index contributed by atoms with van der Waals surface area (Å²) in [6.07, 6.45) is 3.42. The molecule has 0 aliphatic heterocycles. The molecular weight excluding hydrogens is 404 g/mol. The summed E-state index contributed by atoms with van der Waals surface area (Å²) >= 11 is 0. The minimum atomic E-state index is -0.0450. The van der Waals surface area contributed by atoms with Gasteiger partial charge < -0.3 is 9.88 Å². The van der Waals surface area contributed by atoms with Crippen molar-refractivity contribution in [1.29, 1.82) is 0 Å². The van der Waals surface area contributed by atoms with Crippen molar-refractivity contribution in [1.82, 2.24) is 9.88 Å². The van der Waals surface area contributed by atoms with E-state index in [1.54, 1.807) is 0 Å². The van der Waals surface area contributed by atoms with Crippen LogP contribution in [0.5, 0.6) is 0 Å². The highest BCUT2D eigenvalue weighted by atomic mass is 16.1. The van der Waals surface area contributed by atoms with E-state index in [0.717, 1.165) is 30.0 Å². The van der Waals surface area contributed by atoms with Crippen LogP contribution in [-0.4, -0.2) is 10.5 Å². The monoisotopic (exact) mass is 434 g/mol. The Bertz CT molecular complexity index is 1270. The molecule has 4 aromatic rings. The number of fused-ring (bicyclic) bond motifs is 1. The van der Waals surface area contributed by atoms with Gasteiger partial charge in [-0.1, -0.05) is 61.5 Å². The standard InChI is InChI=1S/C30H30N2O/c1-21-12-17-28-26(18-21)19-29(23-9-4-3-5-10-23)32(28)27-15-13-24(14-16-27)30(33)31-20-25-11-7-6-8-22(25)2/h3-11,13-16,19,21H,12,17-18,20H2,1-2H3,(H,31,33)/t21-/m0/s1. The fourth-order valence-corrected chi connectivity index (χ4v) is 4.88. The average Bonchev–Trinajstić information content (AvgIpc) is 3.22. The number of nitrogens with zero attached hydrogens (tertiary/aromatic N) is 1. The minimum Gasteiger partial charge on any atom is -0.348 e. The highest BCUT2D eigenvalue weighted by Crippen LogP contribution is 2.35. The van der Waals surface area contributed by atoms with Gasteiger partial charge in [-0.15, -0.1) is 0 Å². The summed E-state index contributed by atoms with van der Waals surface area (Å²) in [7, 11) is 0. The van der Waals surface area contributed by atoms with E-state index in [1.807, 2.05) is 24.3 Å². The molecule has 0 bridgehead atoms. The summed E-state index contributed by atoms with van der Waals surface area (Å²) in [6, 6.07) is 29.1. The largest absolute Gasteiger partial charge is 0.348 e.